The van der Waals surface area contributed by atoms with Crippen LogP contribution in [0.2, 0.25) is 0 Å². The Bertz CT molecular complexity index is 1100. The molecule has 0 unspecified atom stereocenters. The molecule has 0 aliphatic carbocycles. The molecule has 1 atom stereocenters. The van der Waals surface area contributed by atoms with Gasteiger partial charge in [-0.2, -0.15) is 0 Å². The molecule has 2 rings (SSSR count). The lowest BCUT2D eigenvalue weighted by molar-refractivity contribution is -0.141. The van der Waals surface area contributed by atoms with E-state index in [4.69, 9.17) is 0 Å². The molecule has 0 saturated carbocycles. The summed E-state index contributed by atoms with van der Waals surface area (Å²) in [7, 11) is -3.51. The fourth-order valence-corrected chi connectivity index (χ4v) is 5.00. The monoisotopic (exact) mass is 501 g/mol. The van der Waals surface area contributed by atoms with Crippen LogP contribution in [0, 0.1) is 13.8 Å². The summed E-state index contributed by atoms with van der Waals surface area (Å²) in [5, 5.41) is 2.92. The van der Waals surface area contributed by atoms with Crippen LogP contribution in [0.4, 0.5) is 5.69 Å². The van der Waals surface area contributed by atoms with Crippen LogP contribution in [0.3, 0.4) is 0 Å². The molecule has 0 radical (unpaired) electrons. The predicted octanol–water partition coefficient (Wildman–Crippen LogP) is 4.18. The van der Waals surface area contributed by atoms with E-state index in [0.29, 0.717) is 31.6 Å². The molecule has 0 bridgehead atoms. The highest BCUT2D eigenvalue weighted by molar-refractivity contribution is 7.92. The fourth-order valence-electron chi connectivity index (χ4n) is 4.04. The standard InChI is InChI=1S/C27H39N3O4S/c1-6-17-28-27(32)25(7-2)29(20-23-14-9-8-13-22(23)4)26(31)16-11-18-30(35(5,33)34)24-15-10-12-21(3)19-24/h8-10,12-15,19,25H,6-7,11,16-18,20H2,1-5H3,(H,28,32)/t25-/m0/s1. The van der Waals surface area contributed by atoms with Crippen LogP contribution in [0.15, 0.2) is 48.5 Å². The van der Waals surface area contributed by atoms with Gasteiger partial charge in [0.05, 0.1) is 11.9 Å². The first kappa shape index (κ1) is 28.4. The average molecular weight is 502 g/mol. The molecule has 2 amide bonds. The van der Waals surface area contributed by atoms with Gasteiger partial charge in [0.15, 0.2) is 0 Å². The van der Waals surface area contributed by atoms with Gasteiger partial charge in [0.2, 0.25) is 21.8 Å². The van der Waals surface area contributed by atoms with Gasteiger partial charge in [0.25, 0.3) is 0 Å². The fraction of sp³-hybridized carbons (Fsp3) is 0.481. The summed E-state index contributed by atoms with van der Waals surface area (Å²) in [6.45, 7) is 8.86. The summed E-state index contributed by atoms with van der Waals surface area (Å²) in [6, 6.07) is 14.5. The first-order chi connectivity index (χ1) is 16.6. The number of hydrogen-bond donors (Lipinski definition) is 1. The third kappa shape index (κ3) is 8.38. The zero-order valence-electron chi connectivity index (χ0n) is 21.6. The molecule has 0 heterocycles. The molecular formula is C27H39N3O4S. The Morgan fingerprint density at radius 1 is 1.03 bits per heavy atom. The van der Waals surface area contributed by atoms with Gasteiger partial charge in [-0.05, 0) is 61.9 Å². The van der Waals surface area contributed by atoms with Gasteiger partial charge in [-0.15, -0.1) is 0 Å². The molecule has 0 aliphatic rings. The molecule has 35 heavy (non-hydrogen) atoms. The summed E-state index contributed by atoms with van der Waals surface area (Å²) >= 11 is 0. The van der Waals surface area contributed by atoms with Gasteiger partial charge in [0.1, 0.15) is 6.04 Å². The number of amides is 2. The van der Waals surface area contributed by atoms with Crippen molar-refractivity contribution >= 4 is 27.5 Å². The Morgan fingerprint density at radius 2 is 1.74 bits per heavy atom. The van der Waals surface area contributed by atoms with Gasteiger partial charge in [-0.25, -0.2) is 8.42 Å². The summed E-state index contributed by atoms with van der Waals surface area (Å²) < 4.78 is 26.2. The second kappa shape index (κ2) is 13.3. The molecule has 0 saturated heterocycles. The van der Waals surface area contributed by atoms with Crippen LogP contribution in [0.5, 0.6) is 0 Å². The van der Waals surface area contributed by atoms with E-state index < -0.39 is 16.1 Å². The highest BCUT2D eigenvalue weighted by Gasteiger charge is 2.29. The molecule has 8 heteroatoms. The molecule has 2 aromatic carbocycles. The molecule has 192 valence electrons. The summed E-state index contributed by atoms with van der Waals surface area (Å²) in [6.07, 6.45) is 2.96. The van der Waals surface area contributed by atoms with Gasteiger partial charge in [0, 0.05) is 26.1 Å². The zero-order valence-corrected chi connectivity index (χ0v) is 22.4. The van der Waals surface area contributed by atoms with Crippen molar-refractivity contribution in [1.82, 2.24) is 10.2 Å². The van der Waals surface area contributed by atoms with E-state index in [1.807, 2.05) is 70.2 Å². The van der Waals surface area contributed by atoms with E-state index >= 15 is 0 Å². The maximum atomic E-state index is 13.4. The van der Waals surface area contributed by atoms with E-state index in [1.165, 1.54) is 10.6 Å². The maximum absolute atomic E-state index is 13.4. The largest absolute Gasteiger partial charge is 0.354 e. The smallest absolute Gasteiger partial charge is 0.242 e. The Kier molecular flexibility index (Phi) is 10.8. The van der Waals surface area contributed by atoms with Crippen molar-refractivity contribution in [2.24, 2.45) is 0 Å². The van der Waals surface area contributed by atoms with Gasteiger partial charge < -0.3 is 10.2 Å². The number of aryl methyl sites for hydroxylation is 2. The topological polar surface area (TPSA) is 86.8 Å². The minimum Gasteiger partial charge on any atom is -0.354 e. The predicted molar refractivity (Wildman–Crippen MR) is 142 cm³/mol. The van der Waals surface area contributed by atoms with Crippen molar-refractivity contribution in [2.75, 3.05) is 23.7 Å². The average Bonchev–Trinajstić information content (AvgIpc) is 2.80. The Balaban J connectivity index is 2.21. The van der Waals surface area contributed by atoms with E-state index in [0.717, 1.165) is 23.1 Å². The lowest BCUT2D eigenvalue weighted by atomic mass is 10.1. The summed E-state index contributed by atoms with van der Waals surface area (Å²) in [5.74, 6) is -0.321. The number of carbonyl (C=O) groups excluding carboxylic acids is 2. The molecule has 1 N–H and O–H groups in total. The molecule has 0 fully saturated rings. The molecule has 0 aromatic heterocycles. The quantitative estimate of drug-likeness (QED) is 0.446. The molecular weight excluding hydrogens is 462 g/mol. The van der Waals surface area contributed by atoms with Gasteiger partial charge >= 0.3 is 0 Å². The van der Waals surface area contributed by atoms with Crippen molar-refractivity contribution in [3.05, 3.63) is 65.2 Å². The van der Waals surface area contributed by atoms with Crippen molar-refractivity contribution < 1.29 is 18.0 Å². The van der Waals surface area contributed by atoms with Gasteiger partial charge in [-0.3, -0.25) is 13.9 Å². The number of sulfonamides is 1. The third-order valence-electron chi connectivity index (χ3n) is 5.98. The van der Waals surface area contributed by atoms with Crippen molar-refractivity contribution in [3.8, 4) is 0 Å². The van der Waals surface area contributed by atoms with E-state index in [9.17, 15) is 18.0 Å². The molecule has 2 aromatic rings. The Hall–Kier alpha value is -2.87. The highest BCUT2D eigenvalue weighted by Crippen LogP contribution is 2.21. The molecule has 0 spiro atoms. The molecule has 0 aliphatic heterocycles. The minimum absolute atomic E-state index is 0.140. The Morgan fingerprint density at radius 3 is 2.34 bits per heavy atom. The second-order valence-corrected chi connectivity index (χ2v) is 10.8. The first-order valence-electron chi connectivity index (χ1n) is 12.2. The SMILES string of the molecule is CCCNC(=O)[C@H](CC)N(Cc1ccccc1C)C(=O)CCCN(c1cccc(C)c1)S(C)(=O)=O. The van der Waals surface area contributed by atoms with Crippen molar-refractivity contribution in [3.63, 3.8) is 0 Å². The Labute approximate surface area is 210 Å². The number of hydrogen-bond acceptors (Lipinski definition) is 4. The van der Waals surface area contributed by atoms with Crippen LogP contribution in [0.1, 0.15) is 56.2 Å². The van der Waals surface area contributed by atoms with Crippen LogP contribution >= 0.6 is 0 Å². The number of carbonyl (C=O) groups is 2. The lowest BCUT2D eigenvalue weighted by Crippen LogP contribution is -2.49. The van der Waals surface area contributed by atoms with Crippen LogP contribution in [-0.2, 0) is 26.2 Å². The van der Waals surface area contributed by atoms with E-state index in [2.05, 4.69) is 5.32 Å². The van der Waals surface area contributed by atoms with Gasteiger partial charge in [-0.1, -0.05) is 50.2 Å². The van der Waals surface area contributed by atoms with Crippen LogP contribution < -0.4 is 9.62 Å². The number of nitrogens with zero attached hydrogens (tertiary/aromatic N) is 2. The normalized spacial score (nSPS) is 12.1. The maximum Gasteiger partial charge on any atom is 0.242 e. The number of anilines is 1. The minimum atomic E-state index is -3.51. The third-order valence-corrected chi connectivity index (χ3v) is 7.17. The lowest BCUT2D eigenvalue weighted by Gasteiger charge is -2.31. The van der Waals surface area contributed by atoms with E-state index in [1.54, 1.807) is 11.0 Å². The zero-order chi connectivity index (χ0) is 26.0. The second-order valence-electron chi connectivity index (χ2n) is 8.94. The number of benzene rings is 2. The number of nitrogens with one attached hydrogen (secondary N) is 1. The van der Waals surface area contributed by atoms with Crippen molar-refractivity contribution in [2.45, 2.75) is 66.0 Å². The highest BCUT2D eigenvalue weighted by atomic mass is 32.2. The van der Waals surface area contributed by atoms with Crippen LogP contribution in [-0.4, -0.2) is 50.5 Å². The molecule has 7 nitrogen and oxygen atoms in total. The summed E-state index contributed by atoms with van der Waals surface area (Å²) in [5.41, 5.74) is 3.58. The first-order valence-corrected chi connectivity index (χ1v) is 14.1. The summed E-state index contributed by atoms with van der Waals surface area (Å²) in [4.78, 5) is 28.0. The van der Waals surface area contributed by atoms with E-state index in [-0.39, 0.29) is 24.8 Å². The van der Waals surface area contributed by atoms with Crippen LogP contribution in [0.25, 0.3) is 0 Å². The number of rotatable bonds is 13. The van der Waals surface area contributed by atoms with Crippen molar-refractivity contribution in [1.29, 1.82) is 0 Å².